The van der Waals surface area contributed by atoms with Crippen molar-refractivity contribution < 1.29 is 4.79 Å². The van der Waals surface area contributed by atoms with Crippen molar-refractivity contribution in [2.24, 2.45) is 0 Å². The number of aromatic nitrogens is 2. The monoisotopic (exact) mass is 374 g/mol. The molecule has 2 aromatic carbocycles. The van der Waals surface area contributed by atoms with E-state index in [1.54, 1.807) is 0 Å². The van der Waals surface area contributed by atoms with E-state index in [-0.39, 0.29) is 5.91 Å². The maximum atomic E-state index is 12.3. The minimum Gasteiger partial charge on any atom is -0.352 e. The summed E-state index contributed by atoms with van der Waals surface area (Å²) < 4.78 is 0. The number of nitrogens with zero attached hydrogens (tertiary/aromatic N) is 2. The molecule has 3 rings (SSSR count). The largest absolute Gasteiger partial charge is 0.352 e. The van der Waals surface area contributed by atoms with Crippen molar-refractivity contribution in [3.8, 4) is 11.3 Å². The third kappa shape index (κ3) is 5.39. The molecule has 2 N–H and O–H groups in total. The molecule has 0 atom stereocenters. The summed E-state index contributed by atoms with van der Waals surface area (Å²) in [5.74, 6) is 0.581. The Morgan fingerprint density at radius 3 is 2.57 bits per heavy atom. The number of carbonyl (C=O) groups is 1. The van der Waals surface area contributed by atoms with Gasteiger partial charge in [0.05, 0.1) is 5.69 Å². The number of hydrogen-bond acceptors (Lipinski definition) is 4. The first-order valence-electron chi connectivity index (χ1n) is 9.72. The van der Waals surface area contributed by atoms with E-state index in [0.717, 1.165) is 36.2 Å². The van der Waals surface area contributed by atoms with Crippen LogP contribution in [0.1, 0.15) is 42.1 Å². The van der Waals surface area contributed by atoms with Crippen molar-refractivity contribution >= 4 is 17.4 Å². The van der Waals surface area contributed by atoms with Crippen molar-refractivity contribution in [3.05, 3.63) is 71.8 Å². The fraction of sp³-hybridized carbons (Fsp3) is 0.261. The molecule has 1 aromatic heterocycles. The van der Waals surface area contributed by atoms with Crippen LogP contribution < -0.4 is 10.6 Å². The number of unbranched alkanes of at least 4 members (excludes halogenated alkanes) is 2. The van der Waals surface area contributed by atoms with E-state index in [0.29, 0.717) is 17.9 Å². The lowest BCUT2D eigenvalue weighted by Crippen LogP contribution is -2.24. The first-order chi connectivity index (χ1) is 13.7. The van der Waals surface area contributed by atoms with Gasteiger partial charge in [-0.1, -0.05) is 49.6 Å². The summed E-state index contributed by atoms with van der Waals surface area (Å²) in [4.78, 5) is 12.3. The first-order valence-corrected chi connectivity index (χ1v) is 9.72. The second-order valence-corrected chi connectivity index (χ2v) is 6.84. The van der Waals surface area contributed by atoms with Gasteiger partial charge in [-0.25, -0.2) is 0 Å². The molecular weight excluding hydrogens is 348 g/mol. The van der Waals surface area contributed by atoms with E-state index >= 15 is 0 Å². The summed E-state index contributed by atoms with van der Waals surface area (Å²) >= 11 is 0. The Labute approximate surface area is 166 Å². The van der Waals surface area contributed by atoms with Crippen LogP contribution in [0, 0.1) is 6.92 Å². The second-order valence-electron chi connectivity index (χ2n) is 6.84. The van der Waals surface area contributed by atoms with E-state index in [4.69, 9.17) is 0 Å². The standard InChI is InChI=1S/C23H26N4O/c1-3-4-5-14-24-23(28)19-10-7-11-20(16-19)25-22-13-12-21(26-27-22)18-9-6-8-17(2)15-18/h6-13,15-16H,3-5,14H2,1-2H3,(H,24,28)(H,25,27). The highest BCUT2D eigenvalue weighted by Crippen LogP contribution is 2.20. The van der Waals surface area contributed by atoms with Gasteiger partial charge in [0.15, 0.2) is 5.82 Å². The Hall–Kier alpha value is -3.21. The molecular formula is C23H26N4O. The predicted molar refractivity (Wildman–Crippen MR) is 114 cm³/mol. The van der Waals surface area contributed by atoms with Gasteiger partial charge in [0.1, 0.15) is 0 Å². The number of nitrogens with one attached hydrogen (secondary N) is 2. The van der Waals surface area contributed by atoms with E-state index in [9.17, 15) is 4.79 Å². The molecule has 1 heterocycles. The molecule has 0 aliphatic rings. The number of amides is 1. The third-order valence-corrected chi connectivity index (χ3v) is 4.44. The van der Waals surface area contributed by atoms with Gasteiger partial charge >= 0.3 is 0 Å². The van der Waals surface area contributed by atoms with Gasteiger partial charge in [-0.3, -0.25) is 4.79 Å². The highest BCUT2D eigenvalue weighted by atomic mass is 16.1. The summed E-state index contributed by atoms with van der Waals surface area (Å²) in [6, 6.07) is 19.4. The number of rotatable bonds is 8. The summed E-state index contributed by atoms with van der Waals surface area (Å²) in [5.41, 5.74) is 4.49. The molecule has 0 fully saturated rings. The Morgan fingerprint density at radius 2 is 1.82 bits per heavy atom. The highest BCUT2D eigenvalue weighted by Gasteiger charge is 2.07. The van der Waals surface area contributed by atoms with E-state index < -0.39 is 0 Å². The van der Waals surface area contributed by atoms with Crippen molar-refractivity contribution in [2.45, 2.75) is 33.1 Å². The molecule has 3 aromatic rings. The highest BCUT2D eigenvalue weighted by molar-refractivity contribution is 5.95. The van der Waals surface area contributed by atoms with E-state index in [1.807, 2.05) is 48.5 Å². The molecule has 0 bridgehead atoms. The number of benzene rings is 2. The Bertz CT molecular complexity index is 922. The fourth-order valence-electron chi connectivity index (χ4n) is 2.92. The molecule has 1 amide bonds. The first kappa shape index (κ1) is 19.5. The van der Waals surface area contributed by atoms with E-state index in [1.165, 1.54) is 5.56 Å². The minimum absolute atomic E-state index is 0.0550. The van der Waals surface area contributed by atoms with Crippen molar-refractivity contribution in [3.63, 3.8) is 0 Å². The molecule has 0 radical (unpaired) electrons. The Morgan fingerprint density at radius 1 is 0.964 bits per heavy atom. The maximum absolute atomic E-state index is 12.3. The van der Waals surface area contributed by atoms with Crippen LogP contribution in [-0.4, -0.2) is 22.6 Å². The quantitative estimate of drug-likeness (QED) is 0.537. The lowest BCUT2D eigenvalue weighted by atomic mass is 10.1. The molecule has 144 valence electrons. The van der Waals surface area contributed by atoms with Gasteiger partial charge < -0.3 is 10.6 Å². The molecule has 5 heteroatoms. The van der Waals surface area contributed by atoms with Crippen LogP contribution in [0.2, 0.25) is 0 Å². The topological polar surface area (TPSA) is 66.9 Å². The summed E-state index contributed by atoms with van der Waals surface area (Å²) in [7, 11) is 0. The zero-order valence-corrected chi connectivity index (χ0v) is 16.4. The average Bonchev–Trinajstić information content (AvgIpc) is 2.72. The van der Waals surface area contributed by atoms with Crippen molar-refractivity contribution in [1.82, 2.24) is 15.5 Å². The van der Waals surface area contributed by atoms with Gasteiger partial charge in [0.2, 0.25) is 0 Å². The van der Waals surface area contributed by atoms with Crippen LogP contribution in [0.3, 0.4) is 0 Å². The van der Waals surface area contributed by atoms with Crippen LogP contribution in [0.4, 0.5) is 11.5 Å². The van der Waals surface area contributed by atoms with Crippen molar-refractivity contribution in [1.29, 1.82) is 0 Å². The number of anilines is 2. The molecule has 0 unspecified atom stereocenters. The van der Waals surface area contributed by atoms with Crippen LogP contribution in [-0.2, 0) is 0 Å². The van der Waals surface area contributed by atoms with Crippen LogP contribution in [0.15, 0.2) is 60.7 Å². The SMILES string of the molecule is CCCCCNC(=O)c1cccc(Nc2ccc(-c3cccc(C)c3)nn2)c1. The van der Waals surface area contributed by atoms with Gasteiger partial charge in [0.25, 0.3) is 5.91 Å². The lowest BCUT2D eigenvalue weighted by Gasteiger charge is -2.09. The van der Waals surface area contributed by atoms with Crippen LogP contribution in [0.25, 0.3) is 11.3 Å². The third-order valence-electron chi connectivity index (χ3n) is 4.44. The zero-order valence-electron chi connectivity index (χ0n) is 16.4. The van der Waals surface area contributed by atoms with E-state index in [2.05, 4.69) is 46.8 Å². The number of carbonyl (C=O) groups excluding carboxylic acids is 1. The maximum Gasteiger partial charge on any atom is 0.251 e. The number of hydrogen-bond donors (Lipinski definition) is 2. The molecule has 28 heavy (non-hydrogen) atoms. The van der Waals surface area contributed by atoms with Gasteiger partial charge in [-0.15, -0.1) is 10.2 Å². The summed E-state index contributed by atoms with van der Waals surface area (Å²) in [5, 5.41) is 14.7. The smallest absolute Gasteiger partial charge is 0.251 e. The Balaban J connectivity index is 1.64. The average molecular weight is 374 g/mol. The molecule has 0 spiro atoms. The van der Waals surface area contributed by atoms with Gasteiger partial charge in [0, 0.05) is 23.4 Å². The normalized spacial score (nSPS) is 10.5. The zero-order chi connectivity index (χ0) is 19.8. The fourth-order valence-corrected chi connectivity index (χ4v) is 2.92. The van der Waals surface area contributed by atoms with Crippen LogP contribution >= 0.6 is 0 Å². The van der Waals surface area contributed by atoms with Gasteiger partial charge in [-0.05, 0) is 49.7 Å². The molecule has 0 aliphatic carbocycles. The molecule has 5 nitrogen and oxygen atoms in total. The molecule has 0 saturated heterocycles. The Kier molecular flexibility index (Phi) is 6.73. The minimum atomic E-state index is -0.0550. The molecule has 0 saturated carbocycles. The predicted octanol–water partition coefficient (Wildman–Crippen LogP) is 5.12. The van der Waals surface area contributed by atoms with Gasteiger partial charge in [-0.2, -0.15) is 0 Å². The number of aryl methyl sites for hydroxylation is 1. The van der Waals surface area contributed by atoms with Crippen LogP contribution in [0.5, 0.6) is 0 Å². The lowest BCUT2D eigenvalue weighted by molar-refractivity contribution is 0.0953. The summed E-state index contributed by atoms with van der Waals surface area (Å²) in [6.07, 6.45) is 3.27. The second kappa shape index (κ2) is 9.65. The van der Waals surface area contributed by atoms with Crippen molar-refractivity contribution in [2.75, 3.05) is 11.9 Å². The molecule has 0 aliphatic heterocycles. The summed E-state index contributed by atoms with van der Waals surface area (Å²) in [6.45, 7) is 4.91.